The molecule has 0 bridgehead atoms. The van der Waals surface area contributed by atoms with Crippen molar-refractivity contribution in [2.75, 3.05) is 0 Å². The molecule has 0 fully saturated rings. The highest BCUT2D eigenvalue weighted by Gasteiger charge is 2.20. The van der Waals surface area contributed by atoms with E-state index in [4.69, 9.17) is 0 Å². The van der Waals surface area contributed by atoms with Gasteiger partial charge in [0.15, 0.2) is 0 Å². The molecule has 1 aliphatic rings. The fourth-order valence-electron chi connectivity index (χ4n) is 2.32. The predicted molar refractivity (Wildman–Crippen MR) is 66.6 cm³/mol. The van der Waals surface area contributed by atoms with Crippen LogP contribution in [0.15, 0.2) is 30.5 Å². The summed E-state index contributed by atoms with van der Waals surface area (Å²) in [7, 11) is 0. The predicted octanol–water partition coefficient (Wildman–Crippen LogP) is 2.69. The molecule has 0 unspecified atom stereocenters. The summed E-state index contributed by atoms with van der Waals surface area (Å²) in [4.78, 5) is 4.54. The molecule has 0 saturated heterocycles. The van der Waals surface area contributed by atoms with E-state index in [1.165, 1.54) is 5.56 Å². The van der Waals surface area contributed by atoms with Gasteiger partial charge in [0.1, 0.15) is 11.9 Å². The number of nitrogens with zero attached hydrogens (tertiary/aromatic N) is 2. The van der Waals surface area contributed by atoms with Crippen molar-refractivity contribution in [1.29, 1.82) is 0 Å². The molecule has 17 heavy (non-hydrogen) atoms. The van der Waals surface area contributed by atoms with Crippen LogP contribution in [0.4, 0.5) is 0 Å². The number of fused-ring (bicyclic) bond motifs is 1. The molecule has 0 saturated carbocycles. The fraction of sp³-hybridized carbons (Fsp3) is 0.357. The Kier molecular flexibility index (Phi) is 2.48. The van der Waals surface area contributed by atoms with Gasteiger partial charge in [-0.2, -0.15) is 0 Å². The van der Waals surface area contributed by atoms with Gasteiger partial charge in [-0.05, 0) is 19.8 Å². The lowest BCUT2D eigenvalue weighted by Gasteiger charge is -2.18. The third-order valence-corrected chi connectivity index (χ3v) is 3.33. The maximum absolute atomic E-state index is 9.88. The average Bonchev–Trinajstić information content (AvgIpc) is 2.75. The lowest BCUT2D eigenvalue weighted by atomic mass is 10.1. The third-order valence-electron chi connectivity index (χ3n) is 3.33. The lowest BCUT2D eigenvalue weighted by Crippen LogP contribution is -2.14. The number of aliphatic hydroxyl groups is 1. The number of imidazole rings is 1. The molecule has 0 aliphatic carbocycles. The van der Waals surface area contributed by atoms with Crippen LogP contribution in [-0.4, -0.2) is 14.7 Å². The first-order chi connectivity index (χ1) is 8.24. The molecule has 1 aliphatic heterocycles. The SMILES string of the molecule is Cc1ccc(-c2cn3c(n2)[C@H](O)CCC3)cc1. The Hall–Kier alpha value is -1.61. The Morgan fingerprint density at radius 3 is 2.76 bits per heavy atom. The first-order valence-corrected chi connectivity index (χ1v) is 6.06. The van der Waals surface area contributed by atoms with E-state index < -0.39 is 6.10 Å². The number of hydrogen-bond acceptors (Lipinski definition) is 2. The van der Waals surface area contributed by atoms with Gasteiger partial charge in [-0.3, -0.25) is 0 Å². The molecule has 1 N–H and O–H groups in total. The van der Waals surface area contributed by atoms with Gasteiger partial charge in [0.2, 0.25) is 0 Å². The monoisotopic (exact) mass is 228 g/mol. The van der Waals surface area contributed by atoms with Crippen molar-refractivity contribution in [2.24, 2.45) is 0 Å². The molecule has 3 heteroatoms. The largest absolute Gasteiger partial charge is 0.385 e. The maximum Gasteiger partial charge on any atom is 0.138 e. The first-order valence-electron chi connectivity index (χ1n) is 6.06. The van der Waals surface area contributed by atoms with Crippen LogP contribution in [0.1, 0.15) is 30.3 Å². The Labute approximate surface area is 101 Å². The van der Waals surface area contributed by atoms with Gasteiger partial charge in [0, 0.05) is 18.3 Å². The zero-order valence-electron chi connectivity index (χ0n) is 9.93. The van der Waals surface area contributed by atoms with Crippen LogP contribution in [0, 0.1) is 6.92 Å². The zero-order chi connectivity index (χ0) is 11.8. The summed E-state index contributed by atoms with van der Waals surface area (Å²) in [6.45, 7) is 3.04. The second kappa shape index (κ2) is 4.00. The number of rotatable bonds is 1. The molecular weight excluding hydrogens is 212 g/mol. The highest BCUT2D eigenvalue weighted by atomic mass is 16.3. The van der Waals surface area contributed by atoms with Crippen molar-refractivity contribution < 1.29 is 5.11 Å². The first kappa shape index (κ1) is 10.5. The van der Waals surface area contributed by atoms with E-state index in [1.54, 1.807) is 0 Å². The quantitative estimate of drug-likeness (QED) is 0.815. The molecule has 1 aromatic carbocycles. The van der Waals surface area contributed by atoms with Crippen LogP contribution in [0.3, 0.4) is 0 Å². The second-order valence-corrected chi connectivity index (χ2v) is 4.70. The van der Waals surface area contributed by atoms with Gasteiger partial charge < -0.3 is 9.67 Å². The van der Waals surface area contributed by atoms with Gasteiger partial charge in [0.05, 0.1) is 5.69 Å². The van der Waals surface area contributed by atoms with Gasteiger partial charge in [-0.25, -0.2) is 4.98 Å². The number of aliphatic hydroxyl groups excluding tert-OH is 1. The summed E-state index contributed by atoms with van der Waals surface area (Å²) in [6, 6.07) is 8.33. The lowest BCUT2D eigenvalue weighted by molar-refractivity contribution is 0.134. The minimum Gasteiger partial charge on any atom is -0.385 e. The number of benzene rings is 1. The van der Waals surface area contributed by atoms with E-state index in [0.29, 0.717) is 0 Å². The van der Waals surface area contributed by atoms with E-state index in [2.05, 4.69) is 40.7 Å². The zero-order valence-corrected chi connectivity index (χ0v) is 9.93. The van der Waals surface area contributed by atoms with Crippen LogP contribution < -0.4 is 0 Å². The van der Waals surface area contributed by atoms with Gasteiger partial charge in [-0.15, -0.1) is 0 Å². The molecule has 3 rings (SSSR count). The summed E-state index contributed by atoms with van der Waals surface area (Å²) < 4.78 is 2.07. The third kappa shape index (κ3) is 1.87. The Bertz CT molecular complexity index is 528. The van der Waals surface area contributed by atoms with Gasteiger partial charge in [0.25, 0.3) is 0 Å². The highest BCUT2D eigenvalue weighted by molar-refractivity contribution is 5.59. The highest BCUT2D eigenvalue weighted by Crippen LogP contribution is 2.27. The number of aryl methyl sites for hydroxylation is 2. The van der Waals surface area contributed by atoms with Crippen molar-refractivity contribution in [2.45, 2.75) is 32.4 Å². The molecule has 0 spiro atoms. The van der Waals surface area contributed by atoms with Crippen molar-refractivity contribution in [3.05, 3.63) is 41.9 Å². The maximum atomic E-state index is 9.88. The Morgan fingerprint density at radius 2 is 2.06 bits per heavy atom. The van der Waals surface area contributed by atoms with Crippen LogP contribution >= 0.6 is 0 Å². The normalized spacial score (nSPS) is 19.1. The molecule has 2 heterocycles. The van der Waals surface area contributed by atoms with Crippen molar-refractivity contribution in [3.8, 4) is 11.3 Å². The minimum absolute atomic E-state index is 0.400. The fourth-order valence-corrected chi connectivity index (χ4v) is 2.32. The topological polar surface area (TPSA) is 38.0 Å². The van der Waals surface area contributed by atoms with E-state index >= 15 is 0 Å². The molecule has 3 nitrogen and oxygen atoms in total. The summed E-state index contributed by atoms with van der Waals surface area (Å²) in [5, 5.41) is 9.88. The van der Waals surface area contributed by atoms with E-state index in [-0.39, 0.29) is 0 Å². The Balaban J connectivity index is 2.02. The van der Waals surface area contributed by atoms with E-state index in [9.17, 15) is 5.11 Å². The van der Waals surface area contributed by atoms with Crippen molar-refractivity contribution in [1.82, 2.24) is 9.55 Å². The van der Waals surface area contributed by atoms with E-state index in [1.807, 2.05) is 6.20 Å². The molecule has 1 aromatic heterocycles. The molecule has 0 amide bonds. The standard InChI is InChI=1S/C14H16N2O/c1-10-4-6-11(7-5-10)12-9-16-8-2-3-13(17)14(16)15-12/h4-7,9,13,17H,2-3,8H2,1H3/t13-/m1/s1. The summed E-state index contributed by atoms with van der Waals surface area (Å²) >= 11 is 0. The molecular formula is C14H16N2O. The number of hydrogen-bond donors (Lipinski definition) is 1. The summed E-state index contributed by atoms with van der Waals surface area (Å²) in [5.41, 5.74) is 3.32. The molecule has 2 aromatic rings. The van der Waals surface area contributed by atoms with Crippen LogP contribution in [-0.2, 0) is 6.54 Å². The van der Waals surface area contributed by atoms with Crippen molar-refractivity contribution in [3.63, 3.8) is 0 Å². The average molecular weight is 228 g/mol. The Morgan fingerprint density at radius 1 is 1.29 bits per heavy atom. The van der Waals surface area contributed by atoms with Gasteiger partial charge >= 0.3 is 0 Å². The van der Waals surface area contributed by atoms with Crippen LogP contribution in [0.2, 0.25) is 0 Å². The van der Waals surface area contributed by atoms with Crippen LogP contribution in [0.5, 0.6) is 0 Å². The molecule has 1 atom stereocenters. The molecule has 88 valence electrons. The summed E-state index contributed by atoms with van der Waals surface area (Å²) in [5.74, 6) is 0.812. The molecule has 0 radical (unpaired) electrons. The van der Waals surface area contributed by atoms with Gasteiger partial charge in [-0.1, -0.05) is 29.8 Å². The summed E-state index contributed by atoms with van der Waals surface area (Å²) in [6.07, 6.45) is 3.49. The second-order valence-electron chi connectivity index (χ2n) is 4.70. The van der Waals surface area contributed by atoms with E-state index in [0.717, 1.165) is 36.5 Å². The number of aromatic nitrogens is 2. The van der Waals surface area contributed by atoms with Crippen molar-refractivity contribution >= 4 is 0 Å². The smallest absolute Gasteiger partial charge is 0.138 e. The minimum atomic E-state index is -0.400. The van der Waals surface area contributed by atoms with Crippen LogP contribution in [0.25, 0.3) is 11.3 Å².